The van der Waals surface area contributed by atoms with Crippen LogP contribution < -0.4 is 10.5 Å². The van der Waals surface area contributed by atoms with Crippen LogP contribution in [0.3, 0.4) is 0 Å². The average molecular weight is 263 g/mol. The first-order valence-corrected chi connectivity index (χ1v) is 7.31. The number of hydrogen-bond acceptors (Lipinski definition) is 3. The molecule has 19 heavy (non-hydrogen) atoms. The minimum absolute atomic E-state index is 0.0435. The SMILES string of the molecule is CC(N)c1ccc(OCC(O)CC2CCCC2)cc1. The van der Waals surface area contributed by atoms with Crippen molar-refractivity contribution in [2.24, 2.45) is 11.7 Å². The van der Waals surface area contributed by atoms with Gasteiger partial charge in [0.15, 0.2) is 0 Å². The Balaban J connectivity index is 1.74. The van der Waals surface area contributed by atoms with Crippen LogP contribution in [0.25, 0.3) is 0 Å². The van der Waals surface area contributed by atoms with Gasteiger partial charge in [-0.15, -0.1) is 0 Å². The van der Waals surface area contributed by atoms with Crippen molar-refractivity contribution in [1.29, 1.82) is 0 Å². The molecule has 2 atom stereocenters. The van der Waals surface area contributed by atoms with E-state index in [2.05, 4.69) is 0 Å². The lowest BCUT2D eigenvalue weighted by atomic mass is 10.0. The molecule has 3 nitrogen and oxygen atoms in total. The number of aliphatic hydroxyl groups is 1. The molecule has 1 aromatic rings. The molecule has 1 aromatic carbocycles. The van der Waals surface area contributed by atoms with E-state index in [9.17, 15) is 5.11 Å². The Hall–Kier alpha value is -1.06. The van der Waals surface area contributed by atoms with Crippen LogP contribution in [-0.2, 0) is 0 Å². The Morgan fingerprint density at radius 2 is 1.89 bits per heavy atom. The molecule has 1 fully saturated rings. The van der Waals surface area contributed by atoms with E-state index >= 15 is 0 Å². The molecule has 2 unspecified atom stereocenters. The van der Waals surface area contributed by atoms with E-state index in [1.54, 1.807) is 0 Å². The van der Waals surface area contributed by atoms with Gasteiger partial charge in [0.2, 0.25) is 0 Å². The zero-order valence-electron chi connectivity index (χ0n) is 11.7. The normalized spacial score (nSPS) is 19.3. The smallest absolute Gasteiger partial charge is 0.119 e. The first kappa shape index (κ1) is 14.4. The number of benzene rings is 1. The van der Waals surface area contributed by atoms with E-state index < -0.39 is 0 Å². The van der Waals surface area contributed by atoms with Gasteiger partial charge in [-0.2, -0.15) is 0 Å². The van der Waals surface area contributed by atoms with E-state index in [4.69, 9.17) is 10.5 Å². The molecule has 1 aliphatic carbocycles. The Morgan fingerprint density at radius 1 is 1.26 bits per heavy atom. The van der Waals surface area contributed by atoms with Gasteiger partial charge in [0.05, 0.1) is 6.10 Å². The Labute approximate surface area is 115 Å². The summed E-state index contributed by atoms with van der Waals surface area (Å²) in [6.07, 6.45) is 5.68. The van der Waals surface area contributed by atoms with E-state index in [0.717, 1.165) is 17.7 Å². The number of rotatable bonds is 6. The second kappa shape index (κ2) is 6.92. The quantitative estimate of drug-likeness (QED) is 0.829. The van der Waals surface area contributed by atoms with E-state index in [-0.39, 0.29) is 12.1 Å². The Kier molecular flexibility index (Phi) is 5.23. The molecule has 1 saturated carbocycles. The maximum absolute atomic E-state index is 9.97. The summed E-state index contributed by atoms with van der Waals surface area (Å²) in [7, 11) is 0. The second-order valence-corrected chi connectivity index (χ2v) is 5.71. The fraction of sp³-hybridized carbons (Fsp3) is 0.625. The molecule has 0 bridgehead atoms. The van der Waals surface area contributed by atoms with Crippen LogP contribution in [0, 0.1) is 5.92 Å². The van der Waals surface area contributed by atoms with Crippen molar-refractivity contribution in [2.45, 2.75) is 51.2 Å². The average Bonchev–Trinajstić information content (AvgIpc) is 2.89. The van der Waals surface area contributed by atoms with Gasteiger partial charge >= 0.3 is 0 Å². The lowest BCUT2D eigenvalue weighted by molar-refractivity contribution is 0.0855. The lowest BCUT2D eigenvalue weighted by Crippen LogP contribution is -2.20. The molecule has 0 aromatic heterocycles. The largest absolute Gasteiger partial charge is 0.491 e. The van der Waals surface area contributed by atoms with Crippen LogP contribution in [0.4, 0.5) is 0 Å². The van der Waals surface area contributed by atoms with Gasteiger partial charge in [-0.1, -0.05) is 37.8 Å². The number of ether oxygens (including phenoxy) is 1. The summed E-state index contributed by atoms with van der Waals surface area (Å²) in [5.41, 5.74) is 6.89. The summed E-state index contributed by atoms with van der Waals surface area (Å²) in [6, 6.07) is 7.83. The van der Waals surface area contributed by atoms with Gasteiger partial charge in [-0.25, -0.2) is 0 Å². The highest BCUT2D eigenvalue weighted by atomic mass is 16.5. The van der Waals surface area contributed by atoms with E-state index in [0.29, 0.717) is 12.5 Å². The monoisotopic (exact) mass is 263 g/mol. The summed E-state index contributed by atoms with van der Waals surface area (Å²) in [5.74, 6) is 1.49. The van der Waals surface area contributed by atoms with Crippen LogP contribution in [0.1, 0.15) is 50.6 Å². The molecular formula is C16H25NO2. The molecule has 0 radical (unpaired) electrons. The van der Waals surface area contributed by atoms with Gasteiger partial charge in [-0.3, -0.25) is 0 Å². The molecule has 0 spiro atoms. The van der Waals surface area contributed by atoms with Crippen LogP contribution >= 0.6 is 0 Å². The molecule has 1 aliphatic rings. The lowest BCUT2D eigenvalue weighted by Gasteiger charge is -2.16. The van der Waals surface area contributed by atoms with Gasteiger partial charge in [0.1, 0.15) is 12.4 Å². The van der Waals surface area contributed by atoms with E-state index in [1.165, 1.54) is 25.7 Å². The predicted octanol–water partition coefficient (Wildman–Crippen LogP) is 3.03. The molecule has 0 heterocycles. The van der Waals surface area contributed by atoms with Crippen LogP contribution in [0.2, 0.25) is 0 Å². The van der Waals surface area contributed by atoms with Crippen molar-refractivity contribution in [3.05, 3.63) is 29.8 Å². The van der Waals surface area contributed by atoms with Gasteiger partial charge < -0.3 is 15.6 Å². The topological polar surface area (TPSA) is 55.5 Å². The fourth-order valence-electron chi connectivity index (χ4n) is 2.76. The third kappa shape index (κ3) is 4.51. The molecule has 3 N–H and O–H groups in total. The second-order valence-electron chi connectivity index (χ2n) is 5.71. The highest BCUT2D eigenvalue weighted by Gasteiger charge is 2.19. The highest BCUT2D eigenvalue weighted by Crippen LogP contribution is 2.28. The van der Waals surface area contributed by atoms with Crippen LogP contribution in [0.15, 0.2) is 24.3 Å². The van der Waals surface area contributed by atoms with Crippen LogP contribution in [-0.4, -0.2) is 17.8 Å². The summed E-state index contributed by atoms with van der Waals surface area (Å²) in [6.45, 7) is 2.34. The van der Waals surface area contributed by atoms with Crippen molar-refractivity contribution in [1.82, 2.24) is 0 Å². The predicted molar refractivity (Wildman–Crippen MR) is 77.1 cm³/mol. The number of nitrogens with two attached hydrogens (primary N) is 1. The zero-order chi connectivity index (χ0) is 13.7. The zero-order valence-corrected chi connectivity index (χ0v) is 11.7. The minimum atomic E-state index is -0.351. The highest BCUT2D eigenvalue weighted by molar-refractivity contribution is 5.28. The van der Waals surface area contributed by atoms with Crippen molar-refractivity contribution in [2.75, 3.05) is 6.61 Å². The van der Waals surface area contributed by atoms with Crippen LogP contribution in [0.5, 0.6) is 5.75 Å². The Bertz CT molecular complexity index is 369. The third-order valence-electron chi connectivity index (χ3n) is 3.93. The van der Waals surface area contributed by atoms with Gasteiger partial charge in [0.25, 0.3) is 0 Å². The number of hydrogen-bond donors (Lipinski definition) is 2. The summed E-state index contributed by atoms with van der Waals surface area (Å²) in [5, 5.41) is 9.97. The van der Waals surface area contributed by atoms with Crippen molar-refractivity contribution in [3.8, 4) is 5.75 Å². The summed E-state index contributed by atoms with van der Waals surface area (Å²) < 4.78 is 5.62. The minimum Gasteiger partial charge on any atom is -0.491 e. The van der Waals surface area contributed by atoms with Crippen molar-refractivity contribution < 1.29 is 9.84 Å². The number of aliphatic hydroxyl groups excluding tert-OH is 1. The maximum atomic E-state index is 9.97. The molecular weight excluding hydrogens is 238 g/mol. The molecule has 0 amide bonds. The Morgan fingerprint density at radius 3 is 2.47 bits per heavy atom. The van der Waals surface area contributed by atoms with Gasteiger partial charge in [-0.05, 0) is 37.0 Å². The molecule has 106 valence electrons. The first-order valence-electron chi connectivity index (χ1n) is 7.31. The first-order chi connectivity index (χ1) is 9.15. The molecule has 2 rings (SSSR count). The standard InChI is InChI=1S/C16H25NO2/c1-12(17)14-6-8-16(9-7-14)19-11-15(18)10-13-4-2-3-5-13/h6-9,12-13,15,18H,2-5,10-11,17H2,1H3. The van der Waals surface area contributed by atoms with Crippen molar-refractivity contribution >= 4 is 0 Å². The molecule has 0 saturated heterocycles. The summed E-state index contributed by atoms with van der Waals surface area (Å²) in [4.78, 5) is 0. The maximum Gasteiger partial charge on any atom is 0.119 e. The summed E-state index contributed by atoms with van der Waals surface area (Å²) >= 11 is 0. The molecule has 3 heteroatoms. The third-order valence-corrected chi connectivity index (χ3v) is 3.93. The van der Waals surface area contributed by atoms with E-state index in [1.807, 2.05) is 31.2 Å². The fourth-order valence-corrected chi connectivity index (χ4v) is 2.76. The van der Waals surface area contributed by atoms with Gasteiger partial charge in [0, 0.05) is 6.04 Å². The van der Waals surface area contributed by atoms with Crippen molar-refractivity contribution in [3.63, 3.8) is 0 Å². The molecule has 0 aliphatic heterocycles.